The first-order valence-corrected chi connectivity index (χ1v) is 4.52. The topological polar surface area (TPSA) is 21.7 Å². The molecule has 0 atom stereocenters. The molecule has 0 saturated heterocycles. The Morgan fingerprint density at radius 2 is 1.50 bits per heavy atom. The van der Waals surface area contributed by atoms with Crippen molar-refractivity contribution in [1.29, 1.82) is 0 Å². The van der Waals surface area contributed by atoms with Crippen molar-refractivity contribution in [1.82, 2.24) is 4.90 Å². The van der Waals surface area contributed by atoms with E-state index in [0.29, 0.717) is 0 Å². The van der Waals surface area contributed by atoms with Crippen LogP contribution in [0.1, 0.15) is 5.56 Å². The van der Waals surface area contributed by atoms with Gasteiger partial charge in [0, 0.05) is 12.6 Å². The summed E-state index contributed by atoms with van der Waals surface area (Å²) in [6, 6.07) is 5.91. The minimum atomic E-state index is 0.834. The van der Waals surface area contributed by atoms with Crippen LogP contribution in [0.2, 0.25) is 0 Å². The van der Waals surface area contributed by atoms with E-state index in [0.717, 1.165) is 18.0 Å². The maximum absolute atomic E-state index is 5.18. The van der Waals surface area contributed by atoms with Gasteiger partial charge in [0.2, 0.25) is 0 Å². The number of rotatable bonds is 4. The highest BCUT2D eigenvalue weighted by Gasteiger charge is 2.02. The molecule has 0 aliphatic carbocycles. The van der Waals surface area contributed by atoms with Crippen LogP contribution in [0.15, 0.2) is 18.2 Å². The van der Waals surface area contributed by atoms with Crippen LogP contribution in [-0.2, 0) is 6.54 Å². The van der Waals surface area contributed by atoms with Crippen molar-refractivity contribution in [2.45, 2.75) is 6.54 Å². The van der Waals surface area contributed by atoms with Gasteiger partial charge in [0.1, 0.15) is 11.5 Å². The van der Waals surface area contributed by atoms with Crippen LogP contribution in [0.4, 0.5) is 0 Å². The summed E-state index contributed by atoms with van der Waals surface area (Å²) in [6.07, 6.45) is 0. The number of hydrogen-bond acceptors (Lipinski definition) is 3. The minimum absolute atomic E-state index is 0.834. The Morgan fingerprint density at radius 3 is 1.86 bits per heavy atom. The fourth-order valence-corrected chi connectivity index (χ4v) is 1.32. The van der Waals surface area contributed by atoms with Crippen molar-refractivity contribution in [3.05, 3.63) is 23.8 Å². The number of hydrogen-bond donors (Lipinski definition) is 0. The molecule has 0 N–H and O–H groups in total. The summed E-state index contributed by atoms with van der Waals surface area (Å²) in [7, 11) is 7.39. The van der Waals surface area contributed by atoms with Gasteiger partial charge in [-0.3, -0.25) is 0 Å². The molecule has 0 heterocycles. The lowest BCUT2D eigenvalue weighted by atomic mass is 10.2. The summed E-state index contributed by atoms with van der Waals surface area (Å²) in [5.41, 5.74) is 1.19. The molecule has 0 aliphatic rings. The van der Waals surface area contributed by atoms with Crippen LogP contribution in [0.25, 0.3) is 0 Å². The summed E-state index contributed by atoms with van der Waals surface area (Å²) in [5, 5.41) is 0. The molecule has 0 aliphatic heterocycles. The molecular weight excluding hydrogens is 178 g/mol. The third-order valence-electron chi connectivity index (χ3n) is 1.91. The zero-order chi connectivity index (χ0) is 10.6. The lowest BCUT2D eigenvalue weighted by Gasteiger charge is -2.12. The molecule has 0 radical (unpaired) electrons. The second-order valence-electron chi connectivity index (χ2n) is 3.46. The van der Waals surface area contributed by atoms with E-state index in [1.165, 1.54) is 5.56 Å². The normalized spacial score (nSPS) is 10.4. The maximum atomic E-state index is 5.18. The van der Waals surface area contributed by atoms with Crippen molar-refractivity contribution in [3.63, 3.8) is 0 Å². The van der Waals surface area contributed by atoms with Crippen LogP contribution in [0.5, 0.6) is 11.5 Å². The molecule has 0 fully saturated rings. The van der Waals surface area contributed by atoms with E-state index >= 15 is 0 Å². The first-order valence-electron chi connectivity index (χ1n) is 4.52. The van der Waals surface area contributed by atoms with E-state index in [1.54, 1.807) is 14.2 Å². The fraction of sp³-hybridized carbons (Fsp3) is 0.455. The predicted octanol–water partition coefficient (Wildman–Crippen LogP) is 1.77. The molecular formula is C11H17NO2. The van der Waals surface area contributed by atoms with Gasteiger partial charge in [0.05, 0.1) is 14.2 Å². The molecule has 3 nitrogen and oxygen atoms in total. The SMILES string of the molecule is COc1cc(CN(C)C)cc(OC)c1. The van der Waals surface area contributed by atoms with E-state index in [9.17, 15) is 0 Å². The smallest absolute Gasteiger partial charge is 0.122 e. The van der Waals surface area contributed by atoms with Crippen LogP contribution in [-0.4, -0.2) is 33.2 Å². The third kappa shape index (κ3) is 2.92. The molecule has 0 aromatic heterocycles. The molecule has 1 aromatic rings. The van der Waals surface area contributed by atoms with Gasteiger partial charge in [0.15, 0.2) is 0 Å². The van der Waals surface area contributed by atoms with Gasteiger partial charge < -0.3 is 14.4 Å². The third-order valence-corrected chi connectivity index (χ3v) is 1.91. The van der Waals surface area contributed by atoms with Gasteiger partial charge in [-0.1, -0.05) is 0 Å². The molecule has 0 spiro atoms. The maximum Gasteiger partial charge on any atom is 0.122 e. The van der Waals surface area contributed by atoms with Crippen molar-refractivity contribution >= 4 is 0 Å². The molecule has 0 bridgehead atoms. The molecule has 1 rings (SSSR count). The second kappa shape index (κ2) is 4.86. The van der Waals surface area contributed by atoms with Crippen LogP contribution in [0.3, 0.4) is 0 Å². The summed E-state index contributed by atoms with van der Waals surface area (Å²) < 4.78 is 10.4. The molecule has 0 amide bonds. The van der Waals surface area contributed by atoms with Crippen LogP contribution in [0, 0.1) is 0 Å². The Kier molecular flexibility index (Phi) is 3.77. The van der Waals surface area contributed by atoms with E-state index < -0.39 is 0 Å². The first kappa shape index (κ1) is 10.9. The van der Waals surface area contributed by atoms with Crippen LogP contribution >= 0.6 is 0 Å². The van der Waals surface area contributed by atoms with Gasteiger partial charge >= 0.3 is 0 Å². The van der Waals surface area contributed by atoms with E-state index in [4.69, 9.17) is 9.47 Å². The van der Waals surface area contributed by atoms with Crippen molar-refractivity contribution in [2.24, 2.45) is 0 Å². The zero-order valence-corrected chi connectivity index (χ0v) is 9.20. The Balaban J connectivity index is 2.92. The van der Waals surface area contributed by atoms with Crippen molar-refractivity contribution < 1.29 is 9.47 Å². The number of benzene rings is 1. The fourth-order valence-electron chi connectivity index (χ4n) is 1.32. The largest absolute Gasteiger partial charge is 0.497 e. The molecule has 0 saturated carbocycles. The van der Waals surface area contributed by atoms with Gasteiger partial charge in [-0.05, 0) is 31.8 Å². The average Bonchev–Trinajstić information content (AvgIpc) is 2.16. The van der Waals surface area contributed by atoms with Gasteiger partial charge in [-0.2, -0.15) is 0 Å². The molecule has 0 unspecified atom stereocenters. The Bertz CT molecular complexity index is 275. The number of methoxy groups -OCH3 is 2. The van der Waals surface area contributed by atoms with Gasteiger partial charge in [0.25, 0.3) is 0 Å². The summed E-state index contributed by atoms with van der Waals surface area (Å²) in [6.45, 7) is 0.883. The quantitative estimate of drug-likeness (QED) is 0.730. The lowest BCUT2D eigenvalue weighted by molar-refractivity contribution is 0.381. The second-order valence-corrected chi connectivity index (χ2v) is 3.46. The Hall–Kier alpha value is -1.22. The lowest BCUT2D eigenvalue weighted by Crippen LogP contribution is -2.10. The Labute approximate surface area is 85.2 Å². The summed E-state index contributed by atoms with van der Waals surface area (Å²) >= 11 is 0. The van der Waals surface area contributed by atoms with E-state index in [2.05, 4.69) is 4.90 Å². The van der Waals surface area contributed by atoms with Gasteiger partial charge in [-0.15, -0.1) is 0 Å². The number of ether oxygens (including phenoxy) is 2. The highest BCUT2D eigenvalue weighted by atomic mass is 16.5. The molecule has 14 heavy (non-hydrogen) atoms. The first-order chi connectivity index (χ1) is 6.65. The molecule has 1 aromatic carbocycles. The number of nitrogens with zero attached hydrogens (tertiary/aromatic N) is 1. The highest BCUT2D eigenvalue weighted by Crippen LogP contribution is 2.22. The van der Waals surface area contributed by atoms with E-state index in [1.807, 2.05) is 32.3 Å². The van der Waals surface area contributed by atoms with Crippen molar-refractivity contribution in [3.8, 4) is 11.5 Å². The summed E-state index contributed by atoms with van der Waals surface area (Å²) in [5.74, 6) is 1.67. The zero-order valence-electron chi connectivity index (χ0n) is 9.20. The monoisotopic (exact) mass is 195 g/mol. The minimum Gasteiger partial charge on any atom is -0.497 e. The standard InChI is InChI=1S/C11H17NO2/c1-12(2)8-9-5-10(13-3)7-11(6-9)14-4/h5-7H,8H2,1-4H3. The van der Waals surface area contributed by atoms with Gasteiger partial charge in [-0.25, -0.2) is 0 Å². The highest BCUT2D eigenvalue weighted by molar-refractivity contribution is 5.38. The predicted molar refractivity (Wildman–Crippen MR) is 56.9 cm³/mol. The van der Waals surface area contributed by atoms with Crippen LogP contribution < -0.4 is 9.47 Å². The van der Waals surface area contributed by atoms with Crippen molar-refractivity contribution in [2.75, 3.05) is 28.3 Å². The average molecular weight is 195 g/mol. The molecule has 78 valence electrons. The Morgan fingerprint density at radius 1 is 1.00 bits per heavy atom. The van der Waals surface area contributed by atoms with E-state index in [-0.39, 0.29) is 0 Å². The summed E-state index contributed by atoms with van der Waals surface area (Å²) in [4.78, 5) is 2.11. The molecule has 3 heteroatoms.